The van der Waals surface area contributed by atoms with Crippen molar-refractivity contribution in [1.29, 1.82) is 0 Å². The lowest BCUT2D eigenvalue weighted by Crippen LogP contribution is -2.34. The van der Waals surface area contributed by atoms with Crippen LogP contribution in [-0.4, -0.2) is 167 Å². The maximum absolute atomic E-state index is 13.1. The van der Waals surface area contributed by atoms with Crippen molar-refractivity contribution in [3.63, 3.8) is 0 Å². The number of alkyl halides is 18. The second-order valence-electron chi connectivity index (χ2n) is 23.1. The van der Waals surface area contributed by atoms with Gasteiger partial charge in [-0.25, -0.2) is 40.7 Å². The van der Waals surface area contributed by atoms with Crippen molar-refractivity contribution in [3.05, 3.63) is 0 Å². The number of rotatable bonds is 35. The van der Waals surface area contributed by atoms with E-state index in [-0.39, 0.29) is 37.9 Å². The lowest BCUT2D eigenvalue weighted by atomic mass is 9.91. The summed E-state index contributed by atoms with van der Waals surface area (Å²) in [4.78, 5) is 112. The molecule has 0 saturated heterocycles. The molecular formula is C60H92F18O20. The molecule has 6 unspecified atom stereocenters. The van der Waals surface area contributed by atoms with Gasteiger partial charge in [0.25, 0.3) is 17.8 Å². The Kier molecular flexibility index (Phi) is 47.7. The third-order valence-electron chi connectivity index (χ3n) is 13.0. The highest BCUT2D eigenvalue weighted by atomic mass is 19.4. The zero-order chi connectivity index (χ0) is 78.2. The zero-order valence-electron chi connectivity index (χ0n) is 57.4. The Labute approximate surface area is 556 Å². The number of ether oxygens (including phenoxy) is 10. The van der Waals surface area contributed by atoms with E-state index in [9.17, 15) is 127 Å². The van der Waals surface area contributed by atoms with Gasteiger partial charge in [-0.1, -0.05) is 55.4 Å². The fourth-order valence-electron chi connectivity index (χ4n) is 5.24. The number of esters is 10. The van der Waals surface area contributed by atoms with Gasteiger partial charge in [0, 0.05) is 12.8 Å². The van der Waals surface area contributed by atoms with Crippen molar-refractivity contribution < 1.29 is 174 Å². The fourth-order valence-corrected chi connectivity index (χ4v) is 5.24. The van der Waals surface area contributed by atoms with Gasteiger partial charge in [0.1, 0.15) is 19.6 Å². The van der Waals surface area contributed by atoms with Gasteiger partial charge in [0.15, 0.2) is 38.1 Å². The molecule has 6 atom stereocenters. The average Bonchev–Trinajstić information content (AvgIpc) is 0.941. The Balaban J connectivity index is -0.000000370. The molecule has 0 aliphatic heterocycles. The van der Waals surface area contributed by atoms with Gasteiger partial charge in [-0.2, -0.15) is 52.7 Å². The lowest BCUT2D eigenvalue weighted by Gasteiger charge is -2.20. The highest BCUT2D eigenvalue weighted by Gasteiger charge is 2.44. The van der Waals surface area contributed by atoms with Crippen LogP contribution in [0.1, 0.15) is 188 Å². The van der Waals surface area contributed by atoms with Crippen molar-refractivity contribution in [2.75, 3.05) is 46.2 Å². The van der Waals surface area contributed by atoms with Gasteiger partial charge in [-0.15, -0.1) is 0 Å². The number of hydrogen-bond donors (Lipinski definition) is 0. The molecule has 0 aromatic rings. The van der Waals surface area contributed by atoms with E-state index in [1.165, 1.54) is 0 Å². The Hall–Kier alpha value is -6.56. The molecule has 0 heterocycles. The second kappa shape index (κ2) is 46.7. The highest BCUT2D eigenvalue weighted by Crippen LogP contribution is 2.35. The summed E-state index contributed by atoms with van der Waals surface area (Å²) in [6.45, 7) is 18.9. The topological polar surface area (TPSA) is 263 Å². The largest absolute Gasteiger partial charge is 0.465 e. The fraction of sp³-hybridized carbons (Fsp3) is 0.833. The van der Waals surface area contributed by atoms with E-state index in [1.807, 2.05) is 0 Å². The summed E-state index contributed by atoms with van der Waals surface area (Å²) in [7, 11) is 0. The monoisotopic (exact) mass is 1470 g/mol. The number of carbonyl (C=O) groups excluding carboxylic acids is 10. The van der Waals surface area contributed by atoms with Crippen LogP contribution >= 0.6 is 0 Å². The van der Waals surface area contributed by atoms with E-state index in [1.54, 1.807) is 83.1 Å². The van der Waals surface area contributed by atoms with Gasteiger partial charge in [-0.05, 0) is 93.9 Å². The summed E-state index contributed by atoms with van der Waals surface area (Å²) in [5.41, 5.74) is -1.55. The van der Waals surface area contributed by atoms with Crippen molar-refractivity contribution in [3.8, 4) is 0 Å². The van der Waals surface area contributed by atoms with Crippen LogP contribution < -0.4 is 0 Å². The molecule has 0 rings (SSSR count). The number of halogens is 18. The Morgan fingerprint density at radius 2 is 0.643 bits per heavy atom. The van der Waals surface area contributed by atoms with Gasteiger partial charge in [0.05, 0.1) is 61.1 Å². The van der Waals surface area contributed by atoms with Crippen LogP contribution in [0.2, 0.25) is 0 Å². The number of hydrogen-bond acceptors (Lipinski definition) is 20. The van der Waals surface area contributed by atoms with Crippen LogP contribution in [0.25, 0.3) is 0 Å². The predicted octanol–water partition coefficient (Wildman–Crippen LogP) is 14.4. The molecule has 0 spiro atoms. The molecule has 0 radical (unpaired) electrons. The van der Waals surface area contributed by atoms with E-state index in [4.69, 9.17) is 14.2 Å². The molecule has 20 nitrogen and oxygen atoms in total. The smallest absolute Gasteiger partial charge is 0.425 e. The van der Waals surface area contributed by atoms with Gasteiger partial charge < -0.3 is 47.4 Å². The molecule has 38 heteroatoms. The zero-order valence-corrected chi connectivity index (χ0v) is 57.4. The van der Waals surface area contributed by atoms with Crippen molar-refractivity contribution in [1.82, 2.24) is 0 Å². The molecule has 0 aromatic heterocycles. The standard InChI is InChI=1S/C14H21F5O4.C14H22F4O4.2C11H17F3O4.C10H15F3O4/c1-4-12(2,3)11(21)23-8-10(20)22-7-5-6-13(15,16)9-14(17,18)19;1-4-10(2)12(20)22-7-5-11(19)21-8-6-14(17,18)9-13(3,15)16;1-5-10(3,4)9(16)17-6-8(15)18-7(2)11(12,13)14;1-4-7(2)10(16)17-6-5-9(15)18-8(3)11(12,13)14;1-4-6(2)9(15)16-5-8(14)17-7(3)10(11,12)13/h4-9H2,1-3H3;10H,4-9H2,1-3H3;7H,5-6H2,1-4H3;7-8H,4-6H2,1-3H3;6-7H,4-5H2,1-3H3. The van der Waals surface area contributed by atoms with Gasteiger partial charge in [0.2, 0.25) is 0 Å². The molecule has 0 aliphatic carbocycles. The minimum Gasteiger partial charge on any atom is -0.465 e. The van der Waals surface area contributed by atoms with Crippen molar-refractivity contribution >= 4 is 59.7 Å². The molecule has 0 fully saturated rings. The maximum atomic E-state index is 13.1. The van der Waals surface area contributed by atoms with E-state index in [2.05, 4.69) is 33.2 Å². The minimum atomic E-state index is -4.96. The quantitative estimate of drug-likeness (QED) is 0.0247. The van der Waals surface area contributed by atoms with E-state index < -0.39 is 202 Å². The summed E-state index contributed by atoms with van der Waals surface area (Å²) in [5, 5.41) is 0. The van der Waals surface area contributed by atoms with Crippen LogP contribution in [-0.2, 0) is 95.3 Å². The molecule has 0 bridgehead atoms. The normalized spacial score (nSPS) is 13.9. The van der Waals surface area contributed by atoms with Gasteiger partial charge in [-0.3, -0.25) is 33.6 Å². The number of carbonyl (C=O) groups is 10. The molecule has 98 heavy (non-hydrogen) atoms. The SMILES string of the molecule is CCC(C)(C)C(=O)OCC(=O)OC(C)C(F)(F)F.CCC(C)(C)C(=O)OCC(=O)OCCCC(F)(F)CC(F)(F)F.CCC(C)C(=O)OCC(=O)OC(C)C(F)(F)F.CCC(C)C(=O)OCCC(=O)OC(C)C(F)(F)F.CCC(C)C(=O)OCCC(=O)OCCC(F)(F)CC(C)(F)F. The first-order valence-corrected chi connectivity index (χ1v) is 30.3. The summed E-state index contributed by atoms with van der Waals surface area (Å²) < 4.78 is 266. The Bertz CT molecular complexity index is 2390. The Morgan fingerprint density at radius 1 is 0.337 bits per heavy atom. The summed E-state index contributed by atoms with van der Waals surface area (Å²) in [5.74, 6) is -20.0. The molecule has 0 amide bonds. The third kappa shape index (κ3) is 54.4. The Morgan fingerprint density at radius 3 is 0.969 bits per heavy atom. The molecule has 0 aliphatic rings. The van der Waals surface area contributed by atoms with Crippen molar-refractivity contribution in [2.45, 2.75) is 249 Å². The molecule has 0 N–H and O–H groups in total. The van der Waals surface area contributed by atoms with Crippen LogP contribution in [0.15, 0.2) is 0 Å². The summed E-state index contributed by atoms with van der Waals surface area (Å²) in [6.07, 6.45) is -29.6. The van der Waals surface area contributed by atoms with Crippen LogP contribution in [0, 0.1) is 28.6 Å². The molecule has 0 saturated carbocycles. The first-order valence-electron chi connectivity index (χ1n) is 30.3. The molecule has 0 aromatic carbocycles. The maximum Gasteiger partial charge on any atom is 0.425 e. The van der Waals surface area contributed by atoms with E-state index >= 15 is 0 Å². The first-order chi connectivity index (χ1) is 44.1. The highest BCUT2D eigenvalue weighted by molar-refractivity contribution is 5.81. The second-order valence-corrected chi connectivity index (χ2v) is 23.1. The third-order valence-corrected chi connectivity index (χ3v) is 13.0. The average molecular weight is 1480 g/mol. The first kappa shape index (κ1) is 100. The van der Waals surface area contributed by atoms with Crippen molar-refractivity contribution in [2.24, 2.45) is 28.6 Å². The van der Waals surface area contributed by atoms with Crippen LogP contribution in [0.4, 0.5) is 79.0 Å². The summed E-state index contributed by atoms with van der Waals surface area (Å²) >= 11 is 0. The van der Waals surface area contributed by atoms with E-state index in [0.29, 0.717) is 52.9 Å². The van der Waals surface area contributed by atoms with Gasteiger partial charge >= 0.3 is 84.4 Å². The molecule has 578 valence electrons. The predicted molar refractivity (Wildman–Crippen MR) is 307 cm³/mol. The lowest BCUT2D eigenvalue weighted by molar-refractivity contribution is -0.218. The summed E-state index contributed by atoms with van der Waals surface area (Å²) in [6, 6.07) is 0. The minimum absolute atomic E-state index is 0.203. The van der Waals surface area contributed by atoms with Crippen LogP contribution in [0.3, 0.4) is 0 Å². The van der Waals surface area contributed by atoms with E-state index in [0.717, 1.165) is 6.92 Å². The molecular weight excluding hydrogens is 1380 g/mol. The van der Waals surface area contributed by atoms with Crippen LogP contribution in [0.5, 0.6) is 0 Å².